The van der Waals surface area contributed by atoms with Crippen LogP contribution in [0.3, 0.4) is 0 Å². The van der Waals surface area contributed by atoms with Gasteiger partial charge >= 0.3 is 0 Å². The van der Waals surface area contributed by atoms with Crippen molar-refractivity contribution in [1.29, 1.82) is 0 Å². The summed E-state index contributed by atoms with van der Waals surface area (Å²) < 4.78 is 6.91. The average Bonchev–Trinajstić information content (AvgIpc) is 3.02. The molecule has 134 valence electrons. The van der Waals surface area contributed by atoms with Crippen molar-refractivity contribution in [1.82, 2.24) is 25.2 Å². The molecule has 0 aromatic carbocycles. The lowest BCUT2D eigenvalue weighted by Gasteiger charge is -2.32. The van der Waals surface area contributed by atoms with E-state index in [9.17, 15) is 9.59 Å². The van der Waals surface area contributed by atoms with E-state index in [0.717, 1.165) is 0 Å². The maximum Gasteiger partial charge on any atom is 0.274 e. The minimum atomic E-state index is -0.588. The van der Waals surface area contributed by atoms with Crippen LogP contribution in [0.2, 0.25) is 0 Å². The Hall–Kier alpha value is -1.96. The summed E-state index contributed by atoms with van der Waals surface area (Å²) in [6, 6.07) is -0.588. The molecule has 0 saturated carbocycles. The highest BCUT2D eigenvalue weighted by Gasteiger charge is 2.30. The summed E-state index contributed by atoms with van der Waals surface area (Å²) in [5, 5.41) is 10.7. The van der Waals surface area contributed by atoms with Crippen LogP contribution in [0.15, 0.2) is 6.20 Å². The zero-order chi connectivity index (χ0) is 17.9. The smallest absolute Gasteiger partial charge is 0.274 e. The topological polar surface area (TPSA) is 89.3 Å². The largest absolute Gasteiger partial charge is 0.378 e. The third kappa shape index (κ3) is 4.31. The van der Waals surface area contributed by atoms with E-state index < -0.39 is 6.04 Å². The Morgan fingerprint density at radius 3 is 2.38 bits per heavy atom. The van der Waals surface area contributed by atoms with Crippen molar-refractivity contribution in [2.75, 3.05) is 26.3 Å². The van der Waals surface area contributed by atoms with Crippen LogP contribution in [-0.2, 0) is 15.1 Å². The molecule has 24 heavy (non-hydrogen) atoms. The van der Waals surface area contributed by atoms with E-state index in [1.807, 2.05) is 34.6 Å². The van der Waals surface area contributed by atoms with Crippen LogP contribution in [0.4, 0.5) is 0 Å². The Labute approximate surface area is 142 Å². The fraction of sp³-hybridized carbons (Fsp3) is 0.750. The van der Waals surface area contributed by atoms with Gasteiger partial charge in [0.25, 0.3) is 5.91 Å². The van der Waals surface area contributed by atoms with Crippen molar-refractivity contribution < 1.29 is 14.3 Å². The van der Waals surface area contributed by atoms with Crippen molar-refractivity contribution in [3.63, 3.8) is 0 Å². The Morgan fingerprint density at radius 1 is 1.25 bits per heavy atom. The molecule has 2 amide bonds. The number of carbonyl (C=O) groups excluding carboxylic acids is 2. The van der Waals surface area contributed by atoms with E-state index in [1.165, 1.54) is 0 Å². The molecule has 1 atom stereocenters. The number of ether oxygens (including phenoxy) is 1. The van der Waals surface area contributed by atoms with E-state index in [0.29, 0.717) is 26.3 Å². The number of nitrogens with one attached hydrogen (secondary N) is 1. The van der Waals surface area contributed by atoms with Gasteiger partial charge in [0.05, 0.1) is 24.9 Å². The monoisotopic (exact) mass is 337 g/mol. The van der Waals surface area contributed by atoms with Gasteiger partial charge in [-0.25, -0.2) is 4.68 Å². The van der Waals surface area contributed by atoms with Gasteiger partial charge in [0.2, 0.25) is 5.91 Å². The SMILES string of the molecule is CC(C)C(NC(=O)c1cn(C(C)(C)C)nn1)C(=O)N1CCOCC1. The first-order valence-corrected chi connectivity index (χ1v) is 8.30. The summed E-state index contributed by atoms with van der Waals surface area (Å²) in [5.41, 5.74) is -0.0441. The predicted octanol–water partition coefficient (Wildman–Crippen LogP) is 0.646. The fourth-order valence-electron chi connectivity index (χ4n) is 2.40. The molecule has 1 saturated heterocycles. The minimum Gasteiger partial charge on any atom is -0.378 e. The molecular formula is C16H27N5O3. The molecule has 2 rings (SSSR count). The summed E-state index contributed by atoms with van der Waals surface area (Å²) in [6.07, 6.45) is 1.60. The number of hydrogen-bond acceptors (Lipinski definition) is 5. The lowest BCUT2D eigenvalue weighted by atomic mass is 10.0. The van der Waals surface area contributed by atoms with Crippen molar-refractivity contribution in [3.8, 4) is 0 Å². The second-order valence-corrected chi connectivity index (χ2v) is 7.35. The van der Waals surface area contributed by atoms with Gasteiger partial charge in [0, 0.05) is 13.1 Å². The predicted molar refractivity (Wildman–Crippen MR) is 88.5 cm³/mol. The number of hydrogen-bond donors (Lipinski definition) is 1. The number of amides is 2. The van der Waals surface area contributed by atoms with E-state index in [2.05, 4.69) is 15.6 Å². The minimum absolute atomic E-state index is 0.0260. The first-order chi connectivity index (χ1) is 11.2. The highest BCUT2D eigenvalue weighted by Crippen LogP contribution is 2.13. The van der Waals surface area contributed by atoms with E-state index in [-0.39, 0.29) is 29.0 Å². The molecule has 1 aromatic heterocycles. The Morgan fingerprint density at radius 2 is 1.88 bits per heavy atom. The third-order valence-corrected chi connectivity index (χ3v) is 3.96. The van der Waals surface area contributed by atoms with Crippen LogP contribution in [0.5, 0.6) is 0 Å². The maximum atomic E-state index is 12.7. The lowest BCUT2D eigenvalue weighted by Crippen LogP contribution is -2.53. The normalized spacial score (nSPS) is 17.0. The molecule has 1 aliphatic rings. The molecule has 1 aromatic rings. The van der Waals surface area contributed by atoms with E-state index in [1.54, 1.807) is 15.8 Å². The number of rotatable bonds is 4. The molecule has 0 bridgehead atoms. The average molecular weight is 337 g/mol. The maximum absolute atomic E-state index is 12.7. The summed E-state index contributed by atoms with van der Waals surface area (Å²) in [6.45, 7) is 11.9. The Balaban J connectivity index is 2.08. The van der Waals surface area contributed by atoms with Crippen LogP contribution < -0.4 is 5.32 Å². The van der Waals surface area contributed by atoms with Crippen molar-refractivity contribution in [2.24, 2.45) is 5.92 Å². The van der Waals surface area contributed by atoms with Crippen molar-refractivity contribution in [3.05, 3.63) is 11.9 Å². The molecule has 1 N–H and O–H groups in total. The molecule has 8 nitrogen and oxygen atoms in total. The molecule has 1 unspecified atom stereocenters. The lowest BCUT2D eigenvalue weighted by molar-refractivity contribution is -0.138. The number of carbonyl (C=O) groups is 2. The van der Waals surface area contributed by atoms with Crippen molar-refractivity contribution >= 4 is 11.8 Å². The molecule has 1 fully saturated rings. The van der Waals surface area contributed by atoms with Gasteiger partial charge in [-0.05, 0) is 26.7 Å². The van der Waals surface area contributed by atoms with Gasteiger partial charge in [-0.3, -0.25) is 9.59 Å². The van der Waals surface area contributed by atoms with E-state index in [4.69, 9.17) is 4.74 Å². The fourth-order valence-corrected chi connectivity index (χ4v) is 2.40. The van der Waals surface area contributed by atoms with Gasteiger partial charge in [0.1, 0.15) is 6.04 Å². The Bertz CT molecular complexity index is 585. The van der Waals surface area contributed by atoms with E-state index >= 15 is 0 Å². The van der Waals surface area contributed by atoms with Crippen molar-refractivity contribution in [2.45, 2.75) is 46.2 Å². The molecule has 1 aliphatic heterocycles. The zero-order valence-electron chi connectivity index (χ0n) is 15.1. The van der Waals surface area contributed by atoms with Crippen LogP contribution in [0, 0.1) is 5.92 Å². The van der Waals surface area contributed by atoms with Gasteiger partial charge in [-0.15, -0.1) is 5.10 Å². The first-order valence-electron chi connectivity index (χ1n) is 8.30. The van der Waals surface area contributed by atoms with Gasteiger partial charge in [0.15, 0.2) is 5.69 Å². The summed E-state index contributed by atoms with van der Waals surface area (Å²) in [5.74, 6) is -0.488. The standard InChI is InChI=1S/C16H27N5O3/c1-11(2)13(15(23)20-6-8-24-9-7-20)17-14(22)12-10-21(19-18-12)16(3,4)5/h10-11,13H,6-9H2,1-5H3,(H,17,22). The van der Waals surface area contributed by atoms with Crippen LogP contribution in [0.1, 0.15) is 45.1 Å². The molecule has 0 radical (unpaired) electrons. The molecule has 8 heteroatoms. The van der Waals surface area contributed by atoms with Crippen LogP contribution >= 0.6 is 0 Å². The number of nitrogens with zero attached hydrogens (tertiary/aromatic N) is 4. The second-order valence-electron chi connectivity index (χ2n) is 7.35. The van der Waals surface area contributed by atoms with Crippen LogP contribution in [0.25, 0.3) is 0 Å². The first kappa shape index (κ1) is 18.4. The quantitative estimate of drug-likeness (QED) is 0.871. The third-order valence-electron chi connectivity index (χ3n) is 3.96. The van der Waals surface area contributed by atoms with Gasteiger partial charge in [-0.2, -0.15) is 0 Å². The molecule has 0 spiro atoms. The highest BCUT2D eigenvalue weighted by molar-refractivity contribution is 5.96. The van der Waals surface area contributed by atoms with Gasteiger partial charge in [-0.1, -0.05) is 19.1 Å². The van der Waals surface area contributed by atoms with Crippen LogP contribution in [-0.4, -0.2) is 64.1 Å². The summed E-state index contributed by atoms with van der Waals surface area (Å²) in [4.78, 5) is 26.9. The number of morpholine rings is 1. The highest BCUT2D eigenvalue weighted by atomic mass is 16.5. The summed E-state index contributed by atoms with van der Waals surface area (Å²) >= 11 is 0. The molecular weight excluding hydrogens is 310 g/mol. The Kier molecular flexibility index (Phi) is 5.58. The summed E-state index contributed by atoms with van der Waals surface area (Å²) in [7, 11) is 0. The molecule has 2 heterocycles. The molecule has 0 aliphatic carbocycles. The van der Waals surface area contributed by atoms with Gasteiger partial charge < -0.3 is 15.0 Å². The number of aromatic nitrogens is 3. The zero-order valence-corrected chi connectivity index (χ0v) is 15.1. The second kappa shape index (κ2) is 7.29.